The number of ether oxygens (including phenoxy) is 2. The summed E-state index contributed by atoms with van der Waals surface area (Å²) < 4.78 is 63.0. The molecule has 34 heavy (non-hydrogen) atoms. The molecule has 1 aliphatic rings. The summed E-state index contributed by atoms with van der Waals surface area (Å²) in [4.78, 5) is 12.5. The van der Waals surface area contributed by atoms with Crippen LogP contribution in [0.5, 0.6) is 5.75 Å². The molecule has 2 aromatic rings. The summed E-state index contributed by atoms with van der Waals surface area (Å²) in [5.74, 6) is 0.0416. The molecule has 0 spiro atoms. The van der Waals surface area contributed by atoms with Crippen molar-refractivity contribution in [2.24, 2.45) is 0 Å². The summed E-state index contributed by atoms with van der Waals surface area (Å²) in [6.07, 6.45) is 0. The standard InChI is InChI=1S/C22H29N3O7S2/c1-17-14-20(33(27,28)24(2)3)8-9-21(17)32-16-22(26)23-15-18-4-6-19(7-5-18)34(29,30)25-10-12-31-13-11-25/h4-9,14H,10-13,15-16H2,1-3H3,(H,23,26). The molecule has 186 valence electrons. The van der Waals surface area contributed by atoms with Crippen LogP contribution >= 0.6 is 0 Å². The Morgan fingerprint density at radius 2 is 1.65 bits per heavy atom. The number of sulfonamides is 2. The molecule has 2 aromatic carbocycles. The van der Waals surface area contributed by atoms with Crippen molar-refractivity contribution in [2.45, 2.75) is 23.3 Å². The molecular formula is C22H29N3O7S2. The Kier molecular flexibility index (Phi) is 8.31. The summed E-state index contributed by atoms with van der Waals surface area (Å²) >= 11 is 0. The van der Waals surface area contributed by atoms with E-state index in [0.717, 1.165) is 9.87 Å². The van der Waals surface area contributed by atoms with E-state index in [0.29, 0.717) is 37.6 Å². The topological polar surface area (TPSA) is 122 Å². The van der Waals surface area contributed by atoms with Gasteiger partial charge in [0, 0.05) is 33.7 Å². The zero-order chi connectivity index (χ0) is 24.9. The van der Waals surface area contributed by atoms with Gasteiger partial charge in [0.05, 0.1) is 23.0 Å². The summed E-state index contributed by atoms with van der Waals surface area (Å²) in [6, 6.07) is 10.8. The molecule has 0 saturated carbocycles. The maximum Gasteiger partial charge on any atom is 0.258 e. The second kappa shape index (κ2) is 10.8. The summed E-state index contributed by atoms with van der Waals surface area (Å²) in [7, 11) is -4.21. The van der Waals surface area contributed by atoms with Crippen molar-refractivity contribution in [3.63, 3.8) is 0 Å². The number of rotatable bonds is 9. The smallest absolute Gasteiger partial charge is 0.258 e. The quantitative estimate of drug-likeness (QED) is 0.532. The van der Waals surface area contributed by atoms with Gasteiger partial charge in [-0.2, -0.15) is 4.31 Å². The van der Waals surface area contributed by atoms with Gasteiger partial charge >= 0.3 is 0 Å². The Morgan fingerprint density at radius 3 is 2.24 bits per heavy atom. The molecule has 0 aromatic heterocycles. The number of morpholine rings is 1. The van der Waals surface area contributed by atoms with Gasteiger partial charge in [0.15, 0.2) is 6.61 Å². The third-order valence-corrected chi connectivity index (χ3v) is 9.03. The normalized spacial score (nSPS) is 15.3. The first-order chi connectivity index (χ1) is 16.0. The van der Waals surface area contributed by atoms with E-state index < -0.39 is 20.0 Å². The maximum atomic E-state index is 12.7. The van der Waals surface area contributed by atoms with E-state index >= 15 is 0 Å². The second-order valence-electron chi connectivity index (χ2n) is 7.94. The minimum Gasteiger partial charge on any atom is -0.484 e. The highest BCUT2D eigenvalue weighted by molar-refractivity contribution is 7.89. The Hall–Kier alpha value is -2.51. The summed E-state index contributed by atoms with van der Waals surface area (Å²) in [5, 5.41) is 2.72. The van der Waals surface area contributed by atoms with Gasteiger partial charge in [-0.1, -0.05) is 12.1 Å². The minimum absolute atomic E-state index is 0.144. The van der Waals surface area contributed by atoms with Crippen molar-refractivity contribution in [2.75, 3.05) is 47.0 Å². The lowest BCUT2D eigenvalue weighted by molar-refractivity contribution is -0.123. The van der Waals surface area contributed by atoms with Gasteiger partial charge in [0.1, 0.15) is 5.75 Å². The number of carbonyl (C=O) groups excluding carboxylic acids is 1. The number of hydrogen-bond acceptors (Lipinski definition) is 7. The second-order valence-corrected chi connectivity index (χ2v) is 12.0. The van der Waals surface area contributed by atoms with Crippen LogP contribution in [0.3, 0.4) is 0 Å². The molecule has 0 atom stereocenters. The van der Waals surface area contributed by atoms with Gasteiger partial charge in [0.25, 0.3) is 5.91 Å². The molecule has 1 amide bonds. The monoisotopic (exact) mass is 511 g/mol. The van der Waals surface area contributed by atoms with Crippen LogP contribution in [0.4, 0.5) is 0 Å². The van der Waals surface area contributed by atoms with Crippen LogP contribution in [0.15, 0.2) is 52.3 Å². The van der Waals surface area contributed by atoms with E-state index in [-0.39, 0.29) is 28.8 Å². The predicted octanol–water partition coefficient (Wildman–Crippen LogP) is 0.961. The molecule has 10 nitrogen and oxygen atoms in total. The molecule has 1 aliphatic heterocycles. The first kappa shape index (κ1) is 26.1. The SMILES string of the molecule is Cc1cc(S(=O)(=O)N(C)C)ccc1OCC(=O)NCc1ccc(S(=O)(=O)N2CCOCC2)cc1. The maximum absolute atomic E-state index is 12.7. The molecule has 1 N–H and O–H groups in total. The van der Waals surface area contributed by atoms with Crippen LogP contribution in [-0.4, -0.2) is 78.4 Å². The minimum atomic E-state index is -3.56. The molecule has 1 saturated heterocycles. The fourth-order valence-corrected chi connectivity index (χ4v) is 5.66. The number of carbonyl (C=O) groups is 1. The molecule has 1 fully saturated rings. The van der Waals surface area contributed by atoms with E-state index in [9.17, 15) is 21.6 Å². The van der Waals surface area contributed by atoms with Gasteiger partial charge in [-0.05, 0) is 48.4 Å². The number of aryl methyl sites for hydroxylation is 1. The van der Waals surface area contributed by atoms with Gasteiger partial charge in [0.2, 0.25) is 20.0 Å². The van der Waals surface area contributed by atoms with E-state index in [1.54, 1.807) is 19.1 Å². The fourth-order valence-electron chi connectivity index (χ4n) is 3.27. The number of amides is 1. The molecule has 1 heterocycles. The molecule has 3 rings (SSSR count). The van der Waals surface area contributed by atoms with Gasteiger partial charge in [-0.3, -0.25) is 4.79 Å². The lowest BCUT2D eigenvalue weighted by Crippen LogP contribution is -2.40. The van der Waals surface area contributed by atoms with Gasteiger partial charge < -0.3 is 14.8 Å². The van der Waals surface area contributed by atoms with Crippen molar-refractivity contribution >= 4 is 26.0 Å². The lowest BCUT2D eigenvalue weighted by atomic mass is 10.2. The third-order valence-electron chi connectivity index (χ3n) is 5.30. The molecule has 12 heteroatoms. The van der Waals surface area contributed by atoms with Crippen molar-refractivity contribution in [1.82, 2.24) is 13.9 Å². The lowest BCUT2D eigenvalue weighted by Gasteiger charge is -2.26. The first-order valence-electron chi connectivity index (χ1n) is 10.6. The summed E-state index contributed by atoms with van der Waals surface area (Å²) in [6.45, 7) is 3.08. The molecule has 0 unspecified atom stereocenters. The number of benzene rings is 2. The van der Waals surface area contributed by atoms with Crippen LogP contribution in [0.2, 0.25) is 0 Å². The first-order valence-corrected chi connectivity index (χ1v) is 13.5. The summed E-state index contributed by atoms with van der Waals surface area (Å²) in [5.41, 5.74) is 1.33. The van der Waals surface area contributed by atoms with E-state index in [1.165, 1.54) is 48.7 Å². The highest BCUT2D eigenvalue weighted by atomic mass is 32.2. The van der Waals surface area contributed by atoms with Gasteiger partial charge in [-0.15, -0.1) is 0 Å². The van der Waals surface area contributed by atoms with Crippen LogP contribution in [-0.2, 0) is 36.1 Å². The zero-order valence-corrected chi connectivity index (χ0v) is 21.0. The largest absolute Gasteiger partial charge is 0.484 e. The Bertz CT molecular complexity index is 1220. The number of nitrogens with zero attached hydrogens (tertiary/aromatic N) is 2. The molecule has 0 radical (unpaired) electrons. The van der Waals surface area contributed by atoms with Crippen molar-refractivity contribution < 1.29 is 31.1 Å². The van der Waals surface area contributed by atoms with Crippen molar-refractivity contribution in [3.05, 3.63) is 53.6 Å². The van der Waals surface area contributed by atoms with E-state index in [2.05, 4.69) is 5.32 Å². The van der Waals surface area contributed by atoms with Crippen LogP contribution in [0.1, 0.15) is 11.1 Å². The average molecular weight is 512 g/mol. The van der Waals surface area contributed by atoms with Crippen LogP contribution in [0.25, 0.3) is 0 Å². The molecular weight excluding hydrogens is 482 g/mol. The van der Waals surface area contributed by atoms with Crippen LogP contribution in [0, 0.1) is 6.92 Å². The third kappa shape index (κ3) is 6.13. The van der Waals surface area contributed by atoms with E-state index in [4.69, 9.17) is 9.47 Å². The number of hydrogen-bond donors (Lipinski definition) is 1. The Balaban J connectivity index is 1.52. The zero-order valence-electron chi connectivity index (χ0n) is 19.4. The molecule has 0 aliphatic carbocycles. The van der Waals surface area contributed by atoms with Crippen molar-refractivity contribution in [3.8, 4) is 5.75 Å². The Morgan fingerprint density at radius 1 is 1.03 bits per heavy atom. The van der Waals surface area contributed by atoms with Gasteiger partial charge in [-0.25, -0.2) is 21.1 Å². The average Bonchev–Trinajstić information content (AvgIpc) is 2.82. The van der Waals surface area contributed by atoms with Crippen LogP contribution < -0.4 is 10.1 Å². The predicted molar refractivity (Wildman–Crippen MR) is 125 cm³/mol. The highest BCUT2D eigenvalue weighted by Gasteiger charge is 2.26. The number of nitrogens with one attached hydrogen (secondary N) is 1. The van der Waals surface area contributed by atoms with Crippen molar-refractivity contribution in [1.29, 1.82) is 0 Å². The Labute approximate surface area is 200 Å². The fraction of sp³-hybridized carbons (Fsp3) is 0.409. The van der Waals surface area contributed by atoms with E-state index in [1.807, 2.05) is 0 Å². The highest BCUT2D eigenvalue weighted by Crippen LogP contribution is 2.23. The molecule has 0 bridgehead atoms.